The number of rotatable bonds is 2. The van der Waals surface area contributed by atoms with Crippen LogP contribution in [-0.2, 0) is 12.6 Å². The molecule has 0 atom stereocenters. The molecule has 0 spiro atoms. The monoisotopic (exact) mass is 251 g/mol. The van der Waals surface area contributed by atoms with E-state index in [-0.39, 0.29) is 12.0 Å². The molecule has 0 unspecified atom stereocenters. The Labute approximate surface area is 103 Å². The predicted molar refractivity (Wildman–Crippen MR) is 63.2 cm³/mol. The van der Waals surface area contributed by atoms with E-state index >= 15 is 0 Å². The summed E-state index contributed by atoms with van der Waals surface area (Å²) in [5, 5.41) is 0. The molecular formula is C14H12F3N. The standard InChI is InChI=1S/C14H12F3N/c1-10-6-7-11(9-18-10)8-12-4-2-3-5-13(12)14(15,16)17/h2-7,9H,8H2,1H3. The summed E-state index contributed by atoms with van der Waals surface area (Å²) in [6.07, 6.45) is -2.46. The highest BCUT2D eigenvalue weighted by atomic mass is 19.4. The SMILES string of the molecule is Cc1ccc(Cc2ccccc2C(F)(F)F)cn1. The van der Waals surface area contributed by atoms with E-state index in [1.807, 2.05) is 6.92 Å². The van der Waals surface area contributed by atoms with Crippen molar-refractivity contribution in [2.45, 2.75) is 19.5 Å². The molecule has 0 radical (unpaired) electrons. The molecule has 0 saturated carbocycles. The van der Waals surface area contributed by atoms with Crippen LogP contribution in [0.5, 0.6) is 0 Å². The Kier molecular flexibility index (Phi) is 3.36. The minimum Gasteiger partial charge on any atom is -0.261 e. The molecule has 0 fully saturated rings. The second-order valence-corrected chi connectivity index (χ2v) is 4.14. The van der Waals surface area contributed by atoms with E-state index < -0.39 is 11.7 Å². The lowest BCUT2D eigenvalue weighted by Gasteiger charge is -2.12. The van der Waals surface area contributed by atoms with Crippen molar-refractivity contribution in [1.82, 2.24) is 4.98 Å². The number of aromatic nitrogens is 1. The van der Waals surface area contributed by atoms with Gasteiger partial charge in [-0.1, -0.05) is 24.3 Å². The average Bonchev–Trinajstić information content (AvgIpc) is 2.31. The van der Waals surface area contributed by atoms with Gasteiger partial charge in [-0.3, -0.25) is 4.98 Å². The summed E-state index contributed by atoms with van der Waals surface area (Å²) in [4.78, 5) is 4.09. The second kappa shape index (κ2) is 4.80. The lowest BCUT2D eigenvalue weighted by Crippen LogP contribution is -2.09. The molecule has 4 heteroatoms. The fraction of sp³-hybridized carbons (Fsp3) is 0.214. The number of hydrogen-bond donors (Lipinski definition) is 0. The van der Waals surface area contributed by atoms with Crippen molar-refractivity contribution >= 4 is 0 Å². The van der Waals surface area contributed by atoms with Crippen LogP contribution in [0.1, 0.15) is 22.4 Å². The zero-order chi connectivity index (χ0) is 13.2. The maximum Gasteiger partial charge on any atom is 0.416 e. The molecule has 1 aromatic heterocycles. The van der Waals surface area contributed by atoms with E-state index in [0.717, 1.165) is 17.3 Å². The van der Waals surface area contributed by atoms with Gasteiger partial charge in [0.15, 0.2) is 0 Å². The molecule has 0 aliphatic carbocycles. The number of benzene rings is 1. The largest absolute Gasteiger partial charge is 0.416 e. The van der Waals surface area contributed by atoms with E-state index in [1.54, 1.807) is 24.4 Å². The van der Waals surface area contributed by atoms with Gasteiger partial charge >= 0.3 is 6.18 Å². The number of halogens is 3. The maximum absolute atomic E-state index is 12.8. The Morgan fingerprint density at radius 1 is 1.06 bits per heavy atom. The summed E-state index contributed by atoms with van der Waals surface area (Å²) in [5.41, 5.74) is 1.32. The van der Waals surface area contributed by atoms with Gasteiger partial charge in [0.25, 0.3) is 0 Å². The number of aryl methyl sites for hydroxylation is 1. The third-order valence-corrected chi connectivity index (χ3v) is 2.69. The average molecular weight is 251 g/mol. The van der Waals surface area contributed by atoms with Crippen molar-refractivity contribution in [3.05, 3.63) is 65.0 Å². The van der Waals surface area contributed by atoms with Crippen LogP contribution in [0.15, 0.2) is 42.6 Å². The summed E-state index contributed by atoms with van der Waals surface area (Å²) in [6, 6.07) is 9.23. The summed E-state index contributed by atoms with van der Waals surface area (Å²) >= 11 is 0. The van der Waals surface area contributed by atoms with E-state index in [1.165, 1.54) is 12.1 Å². The highest BCUT2D eigenvalue weighted by molar-refractivity contribution is 5.34. The Bertz CT molecular complexity index is 529. The molecular weight excluding hydrogens is 239 g/mol. The first-order valence-corrected chi connectivity index (χ1v) is 5.53. The van der Waals surface area contributed by atoms with Crippen LogP contribution in [0.25, 0.3) is 0 Å². The number of alkyl halides is 3. The zero-order valence-corrected chi connectivity index (χ0v) is 9.83. The smallest absolute Gasteiger partial charge is 0.261 e. The van der Waals surface area contributed by atoms with E-state index in [4.69, 9.17) is 0 Å². The third-order valence-electron chi connectivity index (χ3n) is 2.69. The van der Waals surface area contributed by atoms with Gasteiger partial charge in [0.1, 0.15) is 0 Å². The van der Waals surface area contributed by atoms with Gasteiger partial charge in [0.05, 0.1) is 5.56 Å². The van der Waals surface area contributed by atoms with Gasteiger partial charge in [-0.15, -0.1) is 0 Å². The molecule has 0 bridgehead atoms. The summed E-state index contributed by atoms with van der Waals surface area (Å²) in [6.45, 7) is 1.84. The van der Waals surface area contributed by atoms with Crippen molar-refractivity contribution in [1.29, 1.82) is 0 Å². The zero-order valence-electron chi connectivity index (χ0n) is 9.83. The summed E-state index contributed by atoms with van der Waals surface area (Å²) in [5.74, 6) is 0. The minimum atomic E-state index is -4.31. The van der Waals surface area contributed by atoms with Crippen LogP contribution in [-0.4, -0.2) is 4.98 Å². The van der Waals surface area contributed by atoms with Crippen molar-refractivity contribution < 1.29 is 13.2 Å². The Morgan fingerprint density at radius 3 is 2.39 bits per heavy atom. The third kappa shape index (κ3) is 2.88. The van der Waals surface area contributed by atoms with Crippen LogP contribution in [0.4, 0.5) is 13.2 Å². The summed E-state index contributed by atoms with van der Waals surface area (Å²) < 4.78 is 38.4. The molecule has 0 saturated heterocycles. The quantitative estimate of drug-likeness (QED) is 0.786. The van der Waals surface area contributed by atoms with Gasteiger partial charge in [-0.05, 0) is 36.6 Å². The molecule has 18 heavy (non-hydrogen) atoms. The second-order valence-electron chi connectivity index (χ2n) is 4.14. The molecule has 0 aliphatic rings. The predicted octanol–water partition coefficient (Wildman–Crippen LogP) is 4.00. The molecule has 1 aromatic carbocycles. The summed E-state index contributed by atoms with van der Waals surface area (Å²) in [7, 11) is 0. The van der Waals surface area contributed by atoms with E-state index in [9.17, 15) is 13.2 Å². The van der Waals surface area contributed by atoms with Crippen LogP contribution in [0.3, 0.4) is 0 Å². The van der Waals surface area contributed by atoms with Gasteiger partial charge in [0, 0.05) is 11.9 Å². The molecule has 2 aromatic rings. The Morgan fingerprint density at radius 2 is 1.78 bits per heavy atom. The number of nitrogens with zero attached hydrogens (tertiary/aromatic N) is 1. The van der Waals surface area contributed by atoms with Crippen molar-refractivity contribution in [2.24, 2.45) is 0 Å². The minimum absolute atomic E-state index is 0.239. The fourth-order valence-electron chi connectivity index (χ4n) is 1.77. The highest BCUT2D eigenvalue weighted by Gasteiger charge is 2.32. The molecule has 0 N–H and O–H groups in total. The van der Waals surface area contributed by atoms with Crippen LogP contribution >= 0.6 is 0 Å². The van der Waals surface area contributed by atoms with E-state index in [0.29, 0.717) is 0 Å². The van der Waals surface area contributed by atoms with E-state index in [2.05, 4.69) is 4.98 Å². The number of hydrogen-bond acceptors (Lipinski definition) is 1. The highest BCUT2D eigenvalue weighted by Crippen LogP contribution is 2.32. The first-order valence-electron chi connectivity index (χ1n) is 5.53. The lowest BCUT2D eigenvalue weighted by molar-refractivity contribution is -0.138. The van der Waals surface area contributed by atoms with Crippen LogP contribution in [0, 0.1) is 6.92 Å². The van der Waals surface area contributed by atoms with Gasteiger partial charge in [0.2, 0.25) is 0 Å². The maximum atomic E-state index is 12.8. The molecule has 2 rings (SSSR count). The number of pyridine rings is 1. The lowest BCUT2D eigenvalue weighted by atomic mass is 10.0. The van der Waals surface area contributed by atoms with Gasteiger partial charge in [-0.2, -0.15) is 13.2 Å². The molecule has 0 amide bonds. The topological polar surface area (TPSA) is 12.9 Å². The molecule has 0 aliphatic heterocycles. The Hall–Kier alpha value is -1.84. The first-order chi connectivity index (χ1) is 8.47. The van der Waals surface area contributed by atoms with Crippen LogP contribution < -0.4 is 0 Å². The fourth-order valence-corrected chi connectivity index (χ4v) is 1.77. The van der Waals surface area contributed by atoms with Crippen molar-refractivity contribution in [3.8, 4) is 0 Å². The molecule has 94 valence electrons. The molecule has 1 nitrogen and oxygen atoms in total. The van der Waals surface area contributed by atoms with Crippen molar-refractivity contribution in [2.75, 3.05) is 0 Å². The first kappa shape index (κ1) is 12.6. The van der Waals surface area contributed by atoms with Gasteiger partial charge in [-0.25, -0.2) is 0 Å². The normalized spacial score (nSPS) is 11.6. The van der Waals surface area contributed by atoms with Gasteiger partial charge < -0.3 is 0 Å². The van der Waals surface area contributed by atoms with Crippen LogP contribution in [0.2, 0.25) is 0 Å². The molecule has 1 heterocycles. The van der Waals surface area contributed by atoms with Crippen molar-refractivity contribution in [3.63, 3.8) is 0 Å². The Balaban J connectivity index is 2.32.